The SMILES string of the molecule is Cc1ccsc1C1CCNc2nc(-c3ccccn3)nn21. The normalized spacial score (nSPS) is 17.3. The maximum atomic E-state index is 4.69. The summed E-state index contributed by atoms with van der Waals surface area (Å²) in [5, 5.41) is 10.2. The zero-order valence-corrected chi connectivity index (χ0v) is 12.5. The first kappa shape index (κ1) is 12.5. The van der Waals surface area contributed by atoms with Crippen molar-refractivity contribution in [3.05, 3.63) is 46.3 Å². The van der Waals surface area contributed by atoms with Crippen LogP contribution in [-0.4, -0.2) is 26.3 Å². The third-order valence-corrected chi connectivity index (χ3v) is 4.85. The van der Waals surface area contributed by atoms with Crippen LogP contribution in [0.15, 0.2) is 35.8 Å². The molecule has 0 aliphatic carbocycles. The minimum atomic E-state index is 0.270. The van der Waals surface area contributed by atoms with Crippen molar-refractivity contribution in [2.45, 2.75) is 19.4 Å². The smallest absolute Gasteiger partial charge is 0.222 e. The number of aromatic nitrogens is 4. The van der Waals surface area contributed by atoms with Crippen LogP contribution in [0.25, 0.3) is 11.5 Å². The molecule has 1 unspecified atom stereocenters. The van der Waals surface area contributed by atoms with Crippen LogP contribution in [0.1, 0.15) is 22.9 Å². The highest BCUT2D eigenvalue weighted by Crippen LogP contribution is 2.34. The standard InChI is InChI=1S/C15H15N5S/c1-10-6-9-21-13(10)12-5-8-17-15-18-14(19-20(12)15)11-4-2-3-7-16-11/h2-4,6-7,9,12H,5,8H2,1H3,(H,17,18,19). The maximum absolute atomic E-state index is 4.69. The molecule has 1 aliphatic heterocycles. The van der Waals surface area contributed by atoms with Gasteiger partial charge in [-0.3, -0.25) is 4.98 Å². The van der Waals surface area contributed by atoms with Crippen LogP contribution in [-0.2, 0) is 0 Å². The second kappa shape index (κ2) is 4.96. The number of nitrogens with zero attached hydrogens (tertiary/aromatic N) is 4. The third-order valence-electron chi connectivity index (χ3n) is 3.73. The summed E-state index contributed by atoms with van der Waals surface area (Å²) in [6.45, 7) is 3.08. The highest BCUT2D eigenvalue weighted by Gasteiger charge is 2.26. The summed E-state index contributed by atoms with van der Waals surface area (Å²) in [7, 11) is 0. The molecular formula is C15H15N5S. The fourth-order valence-corrected chi connectivity index (χ4v) is 3.72. The summed E-state index contributed by atoms with van der Waals surface area (Å²) in [6, 6.07) is 8.23. The van der Waals surface area contributed by atoms with Crippen molar-refractivity contribution in [3.8, 4) is 11.5 Å². The number of hydrogen-bond acceptors (Lipinski definition) is 5. The van der Waals surface area contributed by atoms with Gasteiger partial charge in [-0.2, -0.15) is 4.98 Å². The number of hydrogen-bond donors (Lipinski definition) is 1. The maximum Gasteiger partial charge on any atom is 0.222 e. The summed E-state index contributed by atoms with van der Waals surface area (Å²) in [4.78, 5) is 10.3. The lowest BCUT2D eigenvalue weighted by Gasteiger charge is -2.24. The quantitative estimate of drug-likeness (QED) is 0.789. The van der Waals surface area contributed by atoms with E-state index >= 15 is 0 Å². The van der Waals surface area contributed by atoms with Gasteiger partial charge in [0.15, 0.2) is 0 Å². The van der Waals surface area contributed by atoms with Crippen molar-refractivity contribution in [3.63, 3.8) is 0 Å². The molecule has 0 saturated heterocycles. The van der Waals surface area contributed by atoms with Crippen molar-refractivity contribution >= 4 is 17.3 Å². The Labute approximate surface area is 126 Å². The van der Waals surface area contributed by atoms with Gasteiger partial charge in [-0.1, -0.05) is 6.07 Å². The van der Waals surface area contributed by atoms with Crippen molar-refractivity contribution in [2.24, 2.45) is 0 Å². The van der Waals surface area contributed by atoms with Gasteiger partial charge < -0.3 is 5.32 Å². The van der Waals surface area contributed by atoms with Crippen LogP contribution < -0.4 is 5.32 Å². The van der Waals surface area contributed by atoms with E-state index < -0.39 is 0 Å². The molecule has 1 aliphatic rings. The molecule has 0 spiro atoms. The Morgan fingerprint density at radius 3 is 3.05 bits per heavy atom. The molecule has 0 saturated carbocycles. The molecule has 0 radical (unpaired) electrons. The summed E-state index contributed by atoms with van der Waals surface area (Å²) >= 11 is 1.79. The molecule has 3 aromatic heterocycles. The number of thiophene rings is 1. The van der Waals surface area contributed by atoms with E-state index in [1.807, 2.05) is 22.9 Å². The molecule has 1 N–H and O–H groups in total. The van der Waals surface area contributed by atoms with Crippen LogP contribution in [0.2, 0.25) is 0 Å². The highest BCUT2D eigenvalue weighted by molar-refractivity contribution is 7.10. The number of nitrogens with one attached hydrogen (secondary N) is 1. The summed E-state index contributed by atoms with van der Waals surface area (Å²) in [5.74, 6) is 1.51. The lowest BCUT2D eigenvalue weighted by molar-refractivity contribution is 0.486. The number of anilines is 1. The topological polar surface area (TPSA) is 55.6 Å². The van der Waals surface area contributed by atoms with E-state index in [1.165, 1.54) is 10.4 Å². The van der Waals surface area contributed by atoms with Gasteiger partial charge >= 0.3 is 0 Å². The van der Waals surface area contributed by atoms with Crippen LogP contribution in [0, 0.1) is 6.92 Å². The number of rotatable bonds is 2. The molecule has 0 amide bonds. The minimum absolute atomic E-state index is 0.270. The number of aryl methyl sites for hydroxylation is 1. The molecule has 4 rings (SSSR count). The average Bonchev–Trinajstić information content (AvgIpc) is 3.14. The second-order valence-electron chi connectivity index (χ2n) is 5.12. The fraction of sp³-hybridized carbons (Fsp3) is 0.267. The van der Waals surface area contributed by atoms with E-state index in [-0.39, 0.29) is 6.04 Å². The van der Waals surface area contributed by atoms with E-state index in [1.54, 1.807) is 17.5 Å². The molecule has 21 heavy (non-hydrogen) atoms. The van der Waals surface area contributed by atoms with E-state index in [0.29, 0.717) is 5.82 Å². The highest BCUT2D eigenvalue weighted by atomic mass is 32.1. The third kappa shape index (κ3) is 2.12. The lowest BCUT2D eigenvalue weighted by atomic mass is 10.1. The van der Waals surface area contributed by atoms with E-state index in [0.717, 1.165) is 24.6 Å². The van der Waals surface area contributed by atoms with E-state index in [4.69, 9.17) is 0 Å². The second-order valence-corrected chi connectivity index (χ2v) is 6.07. The first-order valence-corrected chi connectivity index (χ1v) is 7.87. The minimum Gasteiger partial charge on any atom is -0.354 e. The van der Waals surface area contributed by atoms with Crippen LogP contribution in [0.4, 0.5) is 5.95 Å². The van der Waals surface area contributed by atoms with Gasteiger partial charge in [-0.15, -0.1) is 16.4 Å². The van der Waals surface area contributed by atoms with Gasteiger partial charge in [-0.05, 0) is 42.5 Å². The first-order chi connectivity index (χ1) is 10.3. The summed E-state index contributed by atoms with van der Waals surface area (Å²) < 4.78 is 2.01. The van der Waals surface area contributed by atoms with Crippen molar-refractivity contribution in [2.75, 3.05) is 11.9 Å². The van der Waals surface area contributed by atoms with Crippen molar-refractivity contribution < 1.29 is 0 Å². The molecule has 0 bridgehead atoms. The van der Waals surface area contributed by atoms with Crippen LogP contribution in [0.3, 0.4) is 0 Å². The Morgan fingerprint density at radius 2 is 2.29 bits per heavy atom. The molecule has 4 heterocycles. The molecule has 5 nitrogen and oxygen atoms in total. The van der Waals surface area contributed by atoms with E-state index in [9.17, 15) is 0 Å². The average molecular weight is 297 g/mol. The first-order valence-electron chi connectivity index (χ1n) is 6.99. The number of fused-ring (bicyclic) bond motifs is 1. The summed E-state index contributed by atoms with van der Waals surface area (Å²) in [6.07, 6.45) is 2.79. The Morgan fingerprint density at radius 1 is 1.33 bits per heavy atom. The zero-order valence-electron chi connectivity index (χ0n) is 11.7. The lowest BCUT2D eigenvalue weighted by Crippen LogP contribution is -2.24. The van der Waals surface area contributed by atoms with Gasteiger partial charge in [0, 0.05) is 17.6 Å². The van der Waals surface area contributed by atoms with Crippen LogP contribution >= 0.6 is 11.3 Å². The Kier molecular flexibility index (Phi) is 2.96. The van der Waals surface area contributed by atoms with Gasteiger partial charge in [-0.25, -0.2) is 4.68 Å². The molecule has 106 valence electrons. The molecule has 6 heteroatoms. The Hall–Kier alpha value is -2.21. The number of pyridine rings is 1. The summed E-state index contributed by atoms with van der Waals surface area (Å²) in [5.41, 5.74) is 2.13. The Bertz CT molecular complexity index is 761. The largest absolute Gasteiger partial charge is 0.354 e. The predicted molar refractivity (Wildman–Crippen MR) is 83.6 cm³/mol. The van der Waals surface area contributed by atoms with E-state index in [2.05, 4.69) is 38.8 Å². The molecule has 1 atom stereocenters. The monoisotopic (exact) mass is 297 g/mol. The molecule has 3 aromatic rings. The molecule has 0 aromatic carbocycles. The van der Waals surface area contributed by atoms with Crippen LogP contribution in [0.5, 0.6) is 0 Å². The fourth-order valence-electron chi connectivity index (χ4n) is 2.68. The van der Waals surface area contributed by atoms with Crippen molar-refractivity contribution in [1.82, 2.24) is 19.7 Å². The van der Waals surface area contributed by atoms with Gasteiger partial charge in [0.05, 0.1) is 6.04 Å². The van der Waals surface area contributed by atoms with Gasteiger partial charge in [0.1, 0.15) is 5.69 Å². The van der Waals surface area contributed by atoms with Gasteiger partial charge in [0.25, 0.3) is 0 Å². The van der Waals surface area contributed by atoms with Gasteiger partial charge in [0.2, 0.25) is 11.8 Å². The molecular weight excluding hydrogens is 282 g/mol. The Balaban J connectivity index is 1.79. The predicted octanol–water partition coefficient (Wildman–Crippen LogP) is 3.12. The molecule has 0 fully saturated rings. The zero-order chi connectivity index (χ0) is 14.2. The van der Waals surface area contributed by atoms with Crippen molar-refractivity contribution in [1.29, 1.82) is 0 Å².